The lowest BCUT2D eigenvalue weighted by Crippen LogP contribution is -2.47. The molecule has 1 saturated heterocycles. The van der Waals surface area contributed by atoms with Crippen LogP contribution in [0.25, 0.3) is 0 Å². The van der Waals surface area contributed by atoms with Crippen molar-refractivity contribution in [3.05, 3.63) is 0 Å². The molecule has 0 aliphatic carbocycles. The van der Waals surface area contributed by atoms with Crippen LogP contribution in [0, 0.1) is 5.92 Å². The summed E-state index contributed by atoms with van der Waals surface area (Å²) in [4.78, 5) is 13.6. The molecule has 2 N–H and O–H groups in total. The number of amides is 1. The van der Waals surface area contributed by atoms with E-state index in [1.54, 1.807) is 6.92 Å². The number of carbonyl (C=O) groups excluding carboxylic acids is 1. The number of hydrogen-bond donors (Lipinski definition) is 2. The fourth-order valence-electron chi connectivity index (χ4n) is 2.39. The minimum Gasteiger partial charge on any atom is -0.387 e. The minimum absolute atomic E-state index is 0.0798. The van der Waals surface area contributed by atoms with Crippen molar-refractivity contribution in [2.75, 3.05) is 38.7 Å². The van der Waals surface area contributed by atoms with Crippen molar-refractivity contribution in [1.82, 2.24) is 10.2 Å². The van der Waals surface area contributed by atoms with E-state index in [1.165, 1.54) is 0 Å². The first-order valence-corrected chi connectivity index (χ1v) is 8.26. The number of likely N-dealkylation sites (N-methyl/N-ethyl adjacent to an activating group) is 1. The predicted octanol–water partition coefficient (Wildman–Crippen LogP) is -0.760. The van der Waals surface area contributed by atoms with Crippen LogP contribution in [0.15, 0.2) is 0 Å². The minimum atomic E-state index is -2.94. The fraction of sp³-hybridized carbons (Fsp3) is 0.917. The number of nitrogens with one attached hydrogen (secondary N) is 1. The first-order chi connectivity index (χ1) is 8.60. The Labute approximate surface area is 115 Å². The molecule has 0 aromatic carbocycles. The van der Waals surface area contributed by atoms with Gasteiger partial charge in [-0.2, -0.15) is 0 Å². The second-order valence-electron chi connectivity index (χ2n) is 5.98. The average molecular weight is 292 g/mol. The van der Waals surface area contributed by atoms with Crippen LogP contribution in [-0.2, 0) is 14.6 Å². The van der Waals surface area contributed by atoms with Crippen LogP contribution >= 0.6 is 0 Å². The first-order valence-electron chi connectivity index (χ1n) is 6.44. The van der Waals surface area contributed by atoms with Gasteiger partial charge in [-0.25, -0.2) is 8.42 Å². The molecule has 0 spiro atoms. The van der Waals surface area contributed by atoms with Gasteiger partial charge in [-0.05, 0) is 33.4 Å². The molecule has 1 amide bonds. The second kappa shape index (κ2) is 6.19. The van der Waals surface area contributed by atoms with Crippen molar-refractivity contribution in [2.24, 2.45) is 5.92 Å². The van der Waals surface area contributed by atoms with E-state index in [1.807, 2.05) is 19.0 Å². The number of rotatable bonds is 6. The SMILES string of the molecule is CN(C)CC(C)(O)CNC(=O)CC1CCS(=O)(=O)C1. The summed E-state index contributed by atoms with van der Waals surface area (Å²) in [5, 5.41) is 12.7. The summed E-state index contributed by atoms with van der Waals surface area (Å²) in [5.74, 6) is 0.0163. The largest absolute Gasteiger partial charge is 0.387 e. The summed E-state index contributed by atoms with van der Waals surface area (Å²) in [6.45, 7) is 2.28. The van der Waals surface area contributed by atoms with E-state index >= 15 is 0 Å². The van der Waals surface area contributed by atoms with Crippen molar-refractivity contribution in [1.29, 1.82) is 0 Å². The Hall–Kier alpha value is -0.660. The molecule has 7 heteroatoms. The molecule has 1 rings (SSSR count). The molecular formula is C12H24N2O4S. The van der Waals surface area contributed by atoms with Crippen LogP contribution < -0.4 is 5.32 Å². The molecule has 1 heterocycles. The summed E-state index contributed by atoms with van der Waals surface area (Å²) < 4.78 is 22.6. The molecular weight excluding hydrogens is 268 g/mol. The van der Waals surface area contributed by atoms with E-state index in [2.05, 4.69) is 5.32 Å². The van der Waals surface area contributed by atoms with Gasteiger partial charge in [0.2, 0.25) is 5.91 Å². The summed E-state index contributed by atoms with van der Waals surface area (Å²) in [6.07, 6.45) is 0.779. The van der Waals surface area contributed by atoms with Crippen molar-refractivity contribution >= 4 is 15.7 Å². The smallest absolute Gasteiger partial charge is 0.220 e. The van der Waals surface area contributed by atoms with Gasteiger partial charge < -0.3 is 15.3 Å². The normalized spacial score (nSPS) is 25.2. The van der Waals surface area contributed by atoms with Crippen molar-refractivity contribution < 1.29 is 18.3 Å². The third-order valence-corrected chi connectivity index (χ3v) is 4.96. The lowest BCUT2D eigenvalue weighted by Gasteiger charge is -2.27. The third-order valence-electron chi connectivity index (χ3n) is 3.12. The highest BCUT2D eigenvalue weighted by molar-refractivity contribution is 7.91. The summed E-state index contributed by atoms with van der Waals surface area (Å²) in [5.41, 5.74) is -0.985. The van der Waals surface area contributed by atoms with Crippen LogP contribution in [0.1, 0.15) is 19.8 Å². The third kappa shape index (κ3) is 6.35. The Bertz CT molecular complexity index is 417. The van der Waals surface area contributed by atoms with Crippen LogP contribution in [0.4, 0.5) is 0 Å². The maximum Gasteiger partial charge on any atom is 0.220 e. The molecule has 0 bridgehead atoms. The van der Waals surface area contributed by atoms with E-state index in [0.29, 0.717) is 13.0 Å². The molecule has 19 heavy (non-hydrogen) atoms. The molecule has 6 nitrogen and oxygen atoms in total. The van der Waals surface area contributed by atoms with E-state index in [0.717, 1.165) is 0 Å². The van der Waals surface area contributed by atoms with Gasteiger partial charge in [0, 0.05) is 19.5 Å². The molecule has 1 aliphatic rings. The van der Waals surface area contributed by atoms with Gasteiger partial charge in [-0.1, -0.05) is 0 Å². The highest BCUT2D eigenvalue weighted by Crippen LogP contribution is 2.21. The van der Waals surface area contributed by atoms with E-state index in [9.17, 15) is 18.3 Å². The highest BCUT2D eigenvalue weighted by Gasteiger charge is 2.30. The second-order valence-corrected chi connectivity index (χ2v) is 8.21. The zero-order valence-electron chi connectivity index (χ0n) is 11.8. The molecule has 2 unspecified atom stereocenters. The summed E-state index contributed by atoms with van der Waals surface area (Å²) >= 11 is 0. The molecule has 1 fully saturated rings. The molecule has 0 saturated carbocycles. The molecule has 2 atom stereocenters. The Kier molecular flexibility index (Phi) is 5.34. The monoisotopic (exact) mass is 292 g/mol. The van der Waals surface area contributed by atoms with Crippen LogP contribution in [-0.4, -0.2) is 68.6 Å². The fourth-order valence-corrected chi connectivity index (χ4v) is 4.26. The lowest BCUT2D eigenvalue weighted by molar-refractivity contribution is -0.123. The van der Waals surface area contributed by atoms with Gasteiger partial charge in [0.1, 0.15) is 0 Å². The van der Waals surface area contributed by atoms with Gasteiger partial charge in [0.15, 0.2) is 9.84 Å². The Balaban J connectivity index is 2.32. The Morgan fingerprint density at radius 1 is 1.47 bits per heavy atom. The number of carbonyl (C=O) groups is 1. The zero-order valence-corrected chi connectivity index (χ0v) is 12.7. The maximum atomic E-state index is 11.7. The Morgan fingerprint density at radius 3 is 2.58 bits per heavy atom. The van der Waals surface area contributed by atoms with E-state index in [-0.39, 0.29) is 36.3 Å². The maximum absolute atomic E-state index is 11.7. The average Bonchev–Trinajstić information content (AvgIpc) is 2.53. The standard InChI is InChI=1S/C12H24N2O4S/c1-12(16,9-14(2)3)8-13-11(15)6-10-4-5-19(17,18)7-10/h10,16H,4-9H2,1-3H3,(H,13,15). The molecule has 0 aromatic heterocycles. The molecule has 1 aliphatic heterocycles. The molecule has 112 valence electrons. The van der Waals surface area contributed by atoms with E-state index in [4.69, 9.17) is 0 Å². The van der Waals surface area contributed by atoms with E-state index < -0.39 is 15.4 Å². The van der Waals surface area contributed by atoms with Gasteiger partial charge >= 0.3 is 0 Å². The van der Waals surface area contributed by atoms with Crippen LogP contribution in [0.5, 0.6) is 0 Å². The first kappa shape index (κ1) is 16.4. The number of aliphatic hydroxyl groups is 1. The van der Waals surface area contributed by atoms with Gasteiger partial charge in [-0.3, -0.25) is 4.79 Å². The van der Waals surface area contributed by atoms with Gasteiger partial charge in [0.25, 0.3) is 0 Å². The summed E-state index contributed by atoms with van der Waals surface area (Å²) in [6, 6.07) is 0. The van der Waals surface area contributed by atoms with Gasteiger partial charge in [-0.15, -0.1) is 0 Å². The van der Waals surface area contributed by atoms with Crippen molar-refractivity contribution in [3.8, 4) is 0 Å². The van der Waals surface area contributed by atoms with Gasteiger partial charge in [0.05, 0.1) is 17.1 Å². The van der Waals surface area contributed by atoms with Crippen molar-refractivity contribution in [3.63, 3.8) is 0 Å². The lowest BCUT2D eigenvalue weighted by atomic mass is 10.0. The summed E-state index contributed by atoms with van der Waals surface area (Å²) in [7, 11) is 0.757. The van der Waals surface area contributed by atoms with Crippen molar-refractivity contribution in [2.45, 2.75) is 25.4 Å². The van der Waals surface area contributed by atoms with Crippen LogP contribution in [0.2, 0.25) is 0 Å². The topological polar surface area (TPSA) is 86.7 Å². The number of hydrogen-bond acceptors (Lipinski definition) is 5. The van der Waals surface area contributed by atoms with Crippen LogP contribution in [0.3, 0.4) is 0 Å². The molecule has 0 aromatic rings. The molecule has 0 radical (unpaired) electrons. The predicted molar refractivity (Wildman–Crippen MR) is 73.6 cm³/mol. The zero-order chi connectivity index (χ0) is 14.7. The number of sulfone groups is 1. The highest BCUT2D eigenvalue weighted by atomic mass is 32.2. The quantitative estimate of drug-likeness (QED) is 0.672. The Morgan fingerprint density at radius 2 is 2.11 bits per heavy atom. The number of nitrogens with zero attached hydrogens (tertiary/aromatic N) is 1.